The monoisotopic (exact) mass is 324 g/mol. The number of guanidine groups is 1. The fourth-order valence-electron chi connectivity index (χ4n) is 3.08. The Morgan fingerprint density at radius 1 is 1.30 bits per heavy atom. The predicted molar refractivity (Wildman–Crippen MR) is 92.5 cm³/mol. The zero-order chi connectivity index (χ0) is 16.7. The van der Waals surface area contributed by atoms with Gasteiger partial charge in [0.1, 0.15) is 0 Å². The van der Waals surface area contributed by atoms with Gasteiger partial charge >= 0.3 is 0 Å². The summed E-state index contributed by atoms with van der Waals surface area (Å²) in [5.74, 6) is 1.82. The van der Waals surface area contributed by atoms with Gasteiger partial charge < -0.3 is 20.3 Å². The standard InChI is InChI=1S/C17H32N4O2/c1-4-18-16(20-11-17(3)12-23-13-17)19-8-5-15-6-9-21(10-7-15)14(2)22/h15H,4-13H2,1-3H3,(H2,18,19,20). The van der Waals surface area contributed by atoms with E-state index >= 15 is 0 Å². The van der Waals surface area contributed by atoms with Crippen molar-refractivity contribution >= 4 is 11.9 Å². The Labute approximate surface area is 140 Å². The van der Waals surface area contributed by atoms with E-state index in [1.165, 1.54) is 0 Å². The van der Waals surface area contributed by atoms with Gasteiger partial charge in [-0.05, 0) is 32.1 Å². The van der Waals surface area contributed by atoms with Gasteiger partial charge in [-0.15, -0.1) is 0 Å². The normalized spacial score (nSPS) is 21.7. The maximum atomic E-state index is 11.3. The maximum Gasteiger partial charge on any atom is 0.219 e. The number of amides is 1. The van der Waals surface area contributed by atoms with Gasteiger partial charge in [-0.25, -0.2) is 0 Å². The third kappa shape index (κ3) is 5.68. The quantitative estimate of drug-likeness (QED) is 0.570. The zero-order valence-electron chi connectivity index (χ0n) is 14.9. The molecule has 2 rings (SSSR count). The largest absolute Gasteiger partial charge is 0.380 e. The number of nitrogens with one attached hydrogen (secondary N) is 2. The smallest absolute Gasteiger partial charge is 0.219 e. The van der Waals surface area contributed by atoms with Gasteiger partial charge in [0.25, 0.3) is 0 Å². The second-order valence-corrected chi connectivity index (χ2v) is 7.16. The van der Waals surface area contributed by atoms with Gasteiger partial charge in [0.2, 0.25) is 5.91 Å². The number of carbonyl (C=O) groups excluding carboxylic acids is 1. The molecule has 2 heterocycles. The van der Waals surface area contributed by atoms with E-state index in [0.717, 1.165) is 71.2 Å². The third-order valence-corrected chi connectivity index (χ3v) is 4.77. The highest BCUT2D eigenvalue weighted by molar-refractivity contribution is 5.79. The van der Waals surface area contributed by atoms with Gasteiger partial charge in [0, 0.05) is 38.5 Å². The molecule has 0 bridgehead atoms. The summed E-state index contributed by atoms with van der Waals surface area (Å²) in [4.78, 5) is 18.0. The number of ether oxygens (including phenoxy) is 1. The molecule has 0 radical (unpaired) electrons. The molecule has 2 saturated heterocycles. The highest BCUT2D eigenvalue weighted by Crippen LogP contribution is 2.26. The average Bonchev–Trinajstić information content (AvgIpc) is 2.51. The molecule has 0 aromatic carbocycles. The fraction of sp³-hybridized carbons (Fsp3) is 0.882. The number of hydrogen-bond acceptors (Lipinski definition) is 3. The second kappa shape index (κ2) is 8.52. The molecule has 23 heavy (non-hydrogen) atoms. The molecule has 0 atom stereocenters. The fourth-order valence-corrected chi connectivity index (χ4v) is 3.08. The maximum absolute atomic E-state index is 11.3. The Morgan fingerprint density at radius 2 is 2.00 bits per heavy atom. The van der Waals surface area contributed by atoms with E-state index in [1.54, 1.807) is 6.92 Å². The third-order valence-electron chi connectivity index (χ3n) is 4.77. The topological polar surface area (TPSA) is 66.0 Å². The van der Waals surface area contributed by atoms with Crippen molar-refractivity contribution in [2.45, 2.75) is 40.0 Å². The first-order valence-electron chi connectivity index (χ1n) is 8.88. The minimum atomic E-state index is 0.205. The van der Waals surface area contributed by atoms with E-state index in [2.05, 4.69) is 29.5 Å². The summed E-state index contributed by atoms with van der Waals surface area (Å²) in [6.45, 7) is 12.0. The van der Waals surface area contributed by atoms with Crippen molar-refractivity contribution < 1.29 is 9.53 Å². The van der Waals surface area contributed by atoms with Gasteiger partial charge in [-0.1, -0.05) is 6.92 Å². The first-order valence-corrected chi connectivity index (χ1v) is 8.88. The van der Waals surface area contributed by atoms with Crippen LogP contribution in [0.1, 0.15) is 40.0 Å². The van der Waals surface area contributed by atoms with E-state index in [1.807, 2.05) is 4.90 Å². The average molecular weight is 324 g/mol. The van der Waals surface area contributed by atoms with Crippen LogP contribution in [-0.4, -0.2) is 62.7 Å². The van der Waals surface area contributed by atoms with Gasteiger partial charge in [-0.2, -0.15) is 0 Å². The molecule has 0 unspecified atom stereocenters. The number of rotatable bonds is 6. The van der Waals surface area contributed by atoms with Gasteiger partial charge in [0.15, 0.2) is 5.96 Å². The lowest BCUT2D eigenvalue weighted by Gasteiger charge is -2.36. The van der Waals surface area contributed by atoms with Crippen molar-refractivity contribution in [2.75, 3.05) is 45.9 Å². The van der Waals surface area contributed by atoms with Crippen LogP contribution in [0.5, 0.6) is 0 Å². The summed E-state index contributed by atoms with van der Waals surface area (Å²) in [7, 11) is 0. The van der Waals surface area contributed by atoms with E-state index in [0.29, 0.717) is 5.92 Å². The molecule has 2 fully saturated rings. The van der Waals surface area contributed by atoms with E-state index in [-0.39, 0.29) is 11.3 Å². The number of likely N-dealkylation sites (tertiary alicyclic amines) is 1. The molecule has 0 saturated carbocycles. The molecule has 0 aromatic heterocycles. The van der Waals surface area contributed by atoms with Crippen LogP contribution >= 0.6 is 0 Å². The van der Waals surface area contributed by atoms with Crippen LogP contribution in [0.4, 0.5) is 0 Å². The number of hydrogen-bond donors (Lipinski definition) is 2. The second-order valence-electron chi connectivity index (χ2n) is 7.16. The molecule has 2 aliphatic rings. The first-order chi connectivity index (χ1) is 11.0. The molecule has 2 N–H and O–H groups in total. The summed E-state index contributed by atoms with van der Waals surface area (Å²) in [6.07, 6.45) is 3.37. The molecule has 1 amide bonds. The number of aliphatic imine (C=N–C) groups is 1. The lowest BCUT2D eigenvalue weighted by molar-refractivity contribution is -0.130. The number of piperidine rings is 1. The first kappa shape index (κ1) is 18.0. The highest BCUT2D eigenvalue weighted by atomic mass is 16.5. The van der Waals surface area contributed by atoms with E-state index in [4.69, 9.17) is 4.74 Å². The van der Waals surface area contributed by atoms with Crippen LogP contribution in [0.2, 0.25) is 0 Å². The van der Waals surface area contributed by atoms with Crippen LogP contribution in [0.25, 0.3) is 0 Å². The van der Waals surface area contributed by atoms with Crippen molar-refractivity contribution in [3.05, 3.63) is 0 Å². The predicted octanol–water partition coefficient (Wildman–Crippen LogP) is 1.23. The number of carbonyl (C=O) groups is 1. The number of nitrogens with zero attached hydrogens (tertiary/aromatic N) is 2. The molecular weight excluding hydrogens is 292 g/mol. The van der Waals surface area contributed by atoms with Crippen LogP contribution in [0.15, 0.2) is 4.99 Å². The van der Waals surface area contributed by atoms with Crippen LogP contribution in [-0.2, 0) is 9.53 Å². The highest BCUT2D eigenvalue weighted by Gasteiger charge is 2.33. The molecule has 0 spiro atoms. The molecular formula is C17H32N4O2. The summed E-state index contributed by atoms with van der Waals surface area (Å²) >= 11 is 0. The van der Waals surface area contributed by atoms with Crippen LogP contribution in [0.3, 0.4) is 0 Å². The molecule has 132 valence electrons. The summed E-state index contributed by atoms with van der Waals surface area (Å²) in [6, 6.07) is 0. The van der Waals surface area contributed by atoms with E-state index < -0.39 is 0 Å². The Balaban J connectivity index is 1.68. The van der Waals surface area contributed by atoms with Gasteiger partial charge in [-0.3, -0.25) is 9.79 Å². The minimum Gasteiger partial charge on any atom is -0.380 e. The summed E-state index contributed by atoms with van der Waals surface area (Å²) in [5.41, 5.74) is 0.210. The molecule has 0 aliphatic carbocycles. The summed E-state index contributed by atoms with van der Waals surface area (Å²) < 4.78 is 5.28. The zero-order valence-corrected chi connectivity index (χ0v) is 14.9. The molecule has 6 nitrogen and oxygen atoms in total. The molecule has 6 heteroatoms. The van der Waals surface area contributed by atoms with Crippen molar-refractivity contribution in [3.63, 3.8) is 0 Å². The Morgan fingerprint density at radius 3 is 2.52 bits per heavy atom. The lowest BCUT2D eigenvalue weighted by Crippen LogP contribution is -2.44. The van der Waals surface area contributed by atoms with Crippen molar-refractivity contribution in [3.8, 4) is 0 Å². The Kier molecular flexibility index (Phi) is 6.69. The summed E-state index contributed by atoms with van der Waals surface area (Å²) in [5, 5.41) is 6.75. The molecule has 0 aromatic rings. The Bertz CT molecular complexity index is 413. The van der Waals surface area contributed by atoms with Crippen LogP contribution < -0.4 is 10.6 Å². The van der Waals surface area contributed by atoms with Crippen molar-refractivity contribution in [2.24, 2.45) is 16.3 Å². The van der Waals surface area contributed by atoms with E-state index in [9.17, 15) is 4.79 Å². The SMILES string of the molecule is CCNC(=NCC1(C)COC1)NCCC1CCN(C(C)=O)CC1. The van der Waals surface area contributed by atoms with Gasteiger partial charge in [0.05, 0.1) is 19.8 Å². The lowest BCUT2D eigenvalue weighted by atomic mass is 9.89. The van der Waals surface area contributed by atoms with Crippen molar-refractivity contribution in [1.82, 2.24) is 15.5 Å². The Hall–Kier alpha value is -1.30. The molecule has 2 aliphatic heterocycles. The van der Waals surface area contributed by atoms with Crippen LogP contribution in [0, 0.1) is 11.3 Å². The minimum absolute atomic E-state index is 0.205. The van der Waals surface area contributed by atoms with Crippen molar-refractivity contribution in [1.29, 1.82) is 0 Å².